The molecular weight excluding hydrogens is 398 g/mol. The van der Waals surface area contributed by atoms with Crippen LogP contribution in [0.15, 0.2) is 22.7 Å². The SMILES string of the molecule is Cc1c(C(=O)Nc2cc(Br)ccc2O)nnn1C1CCNCC1.Cl. The molecule has 1 saturated heterocycles. The van der Waals surface area contributed by atoms with E-state index in [1.54, 1.807) is 12.1 Å². The van der Waals surface area contributed by atoms with Crippen molar-refractivity contribution in [3.05, 3.63) is 34.1 Å². The molecule has 1 aromatic carbocycles. The Balaban J connectivity index is 0.00000208. The molecule has 130 valence electrons. The van der Waals surface area contributed by atoms with E-state index in [1.807, 2.05) is 11.6 Å². The van der Waals surface area contributed by atoms with E-state index in [0.717, 1.165) is 36.1 Å². The van der Waals surface area contributed by atoms with Crippen LogP contribution in [-0.2, 0) is 0 Å². The van der Waals surface area contributed by atoms with Crippen LogP contribution >= 0.6 is 28.3 Å². The molecule has 0 saturated carbocycles. The second-order valence-electron chi connectivity index (χ2n) is 5.56. The monoisotopic (exact) mass is 415 g/mol. The number of phenolic OH excluding ortho intramolecular Hbond substituents is 1. The summed E-state index contributed by atoms with van der Waals surface area (Å²) >= 11 is 3.31. The molecule has 24 heavy (non-hydrogen) atoms. The molecular formula is C15H19BrClN5O2. The topological polar surface area (TPSA) is 92.1 Å². The van der Waals surface area contributed by atoms with Crippen molar-refractivity contribution in [3.8, 4) is 5.75 Å². The van der Waals surface area contributed by atoms with Crippen LogP contribution in [0.25, 0.3) is 0 Å². The third-order valence-corrected chi connectivity index (χ3v) is 4.50. The number of amides is 1. The Kier molecular flexibility index (Phi) is 6.20. The fourth-order valence-corrected chi connectivity index (χ4v) is 3.10. The maximum Gasteiger partial charge on any atom is 0.278 e. The number of aromatic nitrogens is 3. The van der Waals surface area contributed by atoms with Gasteiger partial charge in [-0.05, 0) is 51.1 Å². The van der Waals surface area contributed by atoms with E-state index in [4.69, 9.17) is 0 Å². The molecule has 1 fully saturated rings. The van der Waals surface area contributed by atoms with Gasteiger partial charge in [-0.2, -0.15) is 0 Å². The fraction of sp³-hybridized carbons (Fsp3) is 0.400. The van der Waals surface area contributed by atoms with E-state index in [1.165, 1.54) is 6.07 Å². The van der Waals surface area contributed by atoms with Crippen molar-refractivity contribution in [2.75, 3.05) is 18.4 Å². The molecule has 9 heteroatoms. The first kappa shape index (κ1) is 18.7. The van der Waals surface area contributed by atoms with Gasteiger partial charge in [-0.1, -0.05) is 21.1 Å². The van der Waals surface area contributed by atoms with E-state index in [9.17, 15) is 9.90 Å². The Bertz CT molecular complexity index is 731. The Morgan fingerprint density at radius 2 is 2.12 bits per heavy atom. The smallest absolute Gasteiger partial charge is 0.278 e. The van der Waals surface area contributed by atoms with Crippen LogP contribution in [-0.4, -0.2) is 39.1 Å². The van der Waals surface area contributed by atoms with Gasteiger partial charge >= 0.3 is 0 Å². The van der Waals surface area contributed by atoms with E-state index < -0.39 is 0 Å². The first-order valence-electron chi connectivity index (χ1n) is 7.48. The number of carbonyl (C=O) groups is 1. The van der Waals surface area contributed by atoms with E-state index >= 15 is 0 Å². The van der Waals surface area contributed by atoms with Crippen LogP contribution in [0.1, 0.15) is 35.1 Å². The van der Waals surface area contributed by atoms with Gasteiger partial charge in [0, 0.05) is 4.47 Å². The van der Waals surface area contributed by atoms with Crippen LogP contribution in [0.2, 0.25) is 0 Å². The molecule has 0 radical (unpaired) electrons. The number of nitrogens with one attached hydrogen (secondary N) is 2. The third-order valence-electron chi connectivity index (χ3n) is 4.00. The zero-order valence-electron chi connectivity index (χ0n) is 13.1. The maximum atomic E-state index is 12.4. The van der Waals surface area contributed by atoms with Crippen molar-refractivity contribution in [1.29, 1.82) is 0 Å². The van der Waals surface area contributed by atoms with Crippen LogP contribution in [0, 0.1) is 6.92 Å². The van der Waals surface area contributed by atoms with Crippen molar-refractivity contribution in [2.24, 2.45) is 0 Å². The first-order valence-corrected chi connectivity index (χ1v) is 8.28. The quantitative estimate of drug-likeness (QED) is 0.669. The van der Waals surface area contributed by atoms with Gasteiger partial charge in [-0.3, -0.25) is 4.79 Å². The average molecular weight is 417 g/mol. The predicted octanol–water partition coefficient (Wildman–Crippen LogP) is 2.65. The predicted molar refractivity (Wildman–Crippen MR) is 96.9 cm³/mol. The number of nitrogens with zero attached hydrogens (tertiary/aromatic N) is 3. The number of phenols is 1. The highest BCUT2D eigenvalue weighted by Crippen LogP contribution is 2.27. The summed E-state index contributed by atoms with van der Waals surface area (Å²) in [7, 11) is 0. The normalized spacial score (nSPS) is 14.9. The lowest BCUT2D eigenvalue weighted by molar-refractivity contribution is 0.102. The zero-order chi connectivity index (χ0) is 16.4. The first-order chi connectivity index (χ1) is 11.1. The number of rotatable bonds is 3. The van der Waals surface area contributed by atoms with Crippen LogP contribution in [0.5, 0.6) is 5.75 Å². The Labute approximate surface area is 154 Å². The number of hydrogen-bond donors (Lipinski definition) is 3. The van der Waals surface area contributed by atoms with Crippen molar-refractivity contribution >= 4 is 39.9 Å². The van der Waals surface area contributed by atoms with Gasteiger partial charge in [0.15, 0.2) is 5.69 Å². The minimum absolute atomic E-state index is 0. The second kappa shape index (κ2) is 7.96. The largest absolute Gasteiger partial charge is 0.506 e. The molecule has 0 unspecified atom stereocenters. The summed E-state index contributed by atoms with van der Waals surface area (Å²) in [6.45, 7) is 3.73. The molecule has 2 heterocycles. The fourth-order valence-electron chi connectivity index (χ4n) is 2.74. The Hall–Kier alpha value is -1.64. The summed E-state index contributed by atoms with van der Waals surface area (Å²) in [6, 6.07) is 5.12. The molecule has 0 bridgehead atoms. The van der Waals surface area contributed by atoms with Gasteiger partial charge in [0.25, 0.3) is 5.91 Å². The average Bonchev–Trinajstić information content (AvgIpc) is 2.93. The number of carbonyl (C=O) groups excluding carboxylic acids is 1. The molecule has 3 N–H and O–H groups in total. The number of hydrogen-bond acceptors (Lipinski definition) is 5. The number of anilines is 1. The van der Waals surface area contributed by atoms with Gasteiger partial charge in [-0.25, -0.2) is 4.68 Å². The highest BCUT2D eigenvalue weighted by Gasteiger charge is 2.23. The summed E-state index contributed by atoms with van der Waals surface area (Å²) in [4.78, 5) is 12.4. The summed E-state index contributed by atoms with van der Waals surface area (Å²) in [5.74, 6) is -0.374. The minimum Gasteiger partial charge on any atom is -0.506 e. The summed E-state index contributed by atoms with van der Waals surface area (Å²) in [5.41, 5.74) is 1.35. The molecule has 0 aliphatic carbocycles. The van der Waals surface area contributed by atoms with Crippen LogP contribution in [0.3, 0.4) is 0 Å². The molecule has 0 atom stereocenters. The number of benzene rings is 1. The number of piperidine rings is 1. The van der Waals surface area contributed by atoms with Gasteiger partial charge in [0.05, 0.1) is 17.4 Å². The van der Waals surface area contributed by atoms with Crippen LogP contribution < -0.4 is 10.6 Å². The highest BCUT2D eigenvalue weighted by atomic mass is 79.9. The minimum atomic E-state index is -0.379. The summed E-state index contributed by atoms with van der Waals surface area (Å²) in [5, 5.41) is 24.0. The van der Waals surface area contributed by atoms with Gasteiger partial charge in [-0.15, -0.1) is 17.5 Å². The number of aromatic hydroxyl groups is 1. The lowest BCUT2D eigenvalue weighted by atomic mass is 10.1. The van der Waals surface area contributed by atoms with Gasteiger partial charge in [0.2, 0.25) is 0 Å². The molecule has 1 amide bonds. The summed E-state index contributed by atoms with van der Waals surface area (Å²) < 4.78 is 2.59. The molecule has 1 aliphatic heterocycles. The van der Waals surface area contributed by atoms with Crippen molar-refractivity contribution in [2.45, 2.75) is 25.8 Å². The Morgan fingerprint density at radius 3 is 2.83 bits per heavy atom. The second-order valence-corrected chi connectivity index (χ2v) is 6.48. The molecule has 1 aliphatic rings. The van der Waals surface area contributed by atoms with E-state index in [-0.39, 0.29) is 35.8 Å². The molecule has 1 aromatic heterocycles. The lowest BCUT2D eigenvalue weighted by Gasteiger charge is -2.23. The third kappa shape index (κ3) is 3.88. The molecule has 7 nitrogen and oxygen atoms in total. The lowest BCUT2D eigenvalue weighted by Crippen LogP contribution is -2.30. The molecule has 0 spiro atoms. The van der Waals surface area contributed by atoms with E-state index in [2.05, 4.69) is 36.9 Å². The van der Waals surface area contributed by atoms with Crippen molar-refractivity contribution in [1.82, 2.24) is 20.3 Å². The maximum absolute atomic E-state index is 12.4. The highest BCUT2D eigenvalue weighted by molar-refractivity contribution is 9.10. The van der Waals surface area contributed by atoms with Gasteiger partial charge in [0.1, 0.15) is 5.75 Å². The molecule has 3 rings (SSSR count). The standard InChI is InChI=1S/C15H18BrN5O2.ClH/c1-9-14(19-20-21(9)11-4-6-17-7-5-11)15(23)18-12-8-10(16)2-3-13(12)22;/h2-3,8,11,17,22H,4-7H2,1H3,(H,18,23);1H. The molecule has 2 aromatic rings. The van der Waals surface area contributed by atoms with E-state index in [0.29, 0.717) is 5.69 Å². The van der Waals surface area contributed by atoms with Crippen molar-refractivity contribution < 1.29 is 9.90 Å². The van der Waals surface area contributed by atoms with Crippen molar-refractivity contribution in [3.63, 3.8) is 0 Å². The Morgan fingerprint density at radius 1 is 1.42 bits per heavy atom. The van der Waals surface area contributed by atoms with Gasteiger partial charge < -0.3 is 15.7 Å². The zero-order valence-corrected chi connectivity index (χ0v) is 15.5. The summed E-state index contributed by atoms with van der Waals surface area (Å²) in [6.07, 6.45) is 1.94. The number of halogens is 2. The van der Waals surface area contributed by atoms with Crippen LogP contribution in [0.4, 0.5) is 5.69 Å².